The molecule has 0 aliphatic heterocycles. The van der Waals surface area contributed by atoms with Crippen molar-refractivity contribution in [1.82, 2.24) is 0 Å². The Balaban J connectivity index is 3.40. The highest BCUT2D eigenvalue weighted by molar-refractivity contribution is 5.78. The van der Waals surface area contributed by atoms with Gasteiger partial charge < -0.3 is 5.11 Å². The molecule has 1 N–H and O–H groups in total. The summed E-state index contributed by atoms with van der Waals surface area (Å²) in [4.78, 5) is 10.2. The topological polar surface area (TPSA) is 37.3 Å². The Morgan fingerprint density at radius 1 is 1.55 bits per heavy atom. The number of phenols is 1. The normalized spacial score (nSPS) is 9.64. The van der Waals surface area contributed by atoms with Gasteiger partial charge in [-0.25, -0.2) is 4.39 Å². The van der Waals surface area contributed by atoms with Crippen LogP contribution in [-0.2, 0) is 0 Å². The number of hydrogen-bond donors (Lipinski definition) is 1. The highest BCUT2D eigenvalue weighted by Gasteiger charge is 2.07. The van der Waals surface area contributed by atoms with Gasteiger partial charge in [0.1, 0.15) is 11.6 Å². The molecule has 0 heterocycles. The summed E-state index contributed by atoms with van der Waals surface area (Å²) in [6.45, 7) is 1.49. The molecule has 1 rings (SSSR count). The van der Waals surface area contributed by atoms with Gasteiger partial charge in [0.25, 0.3) is 0 Å². The molecule has 0 fully saturated rings. The summed E-state index contributed by atoms with van der Waals surface area (Å²) in [5.74, 6) is -0.663. The lowest BCUT2D eigenvalue weighted by Gasteiger charge is -2.01. The van der Waals surface area contributed by atoms with E-state index in [-0.39, 0.29) is 16.9 Å². The molecule has 58 valence electrons. The van der Waals surface area contributed by atoms with E-state index in [0.29, 0.717) is 6.29 Å². The fraction of sp³-hybridized carbons (Fsp3) is 0.125. The Morgan fingerprint density at radius 3 is 2.64 bits per heavy atom. The summed E-state index contributed by atoms with van der Waals surface area (Å²) >= 11 is 0. The van der Waals surface area contributed by atoms with Crippen molar-refractivity contribution >= 4 is 6.29 Å². The van der Waals surface area contributed by atoms with Crippen LogP contribution in [0.3, 0.4) is 0 Å². The summed E-state index contributed by atoms with van der Waals surface area (Å²) in [6, 6.07) is 2.28. The maximum absolute atomic E-state index is 12.7. The van der Waals surface area contributed by atoms with Gasteiger partial charge in [0, 0.05) is 5.56 Å². The van der Waals surface area contributed by atoms with E-state index in [0.717, 1.165) is 6.07 Å². The molecule has 0 aromatic heterocycles. The van der Waals surface area contributed by atoms with Crippen LogP contribution in [0.4, 0.5) is 4.39 Å². The van der Waals surface area contributed by atoms with Gasteiger partial charge in [-0.1, -0.05) is 0 Å². The van der Waals surface area contributed by atoms with Crippen molar-refractivity contribution in [3.63, 3.8) is 0 Å². The molecule has 0 spiro atoms. The Hall–Kier alpha value is -1.38. The number of hydrogen-bond acceptors (Lipinski definition) is 2. The van der Waals surface area contributed by atoms with Crippen LogP contribution in [0.2, 0.25) is 0 Å². The van der Waals surface area contributed by atoms with E-state index < -0.39 is 5.82 Å². The molecule has 0 aliphatic carbocycles. The molecular weight excluding hydrogens is 147 g/mol. The number of halogens is 1. The fourth-order valence-electron chi connectivity index (χ4n) is 0.829. The van der Waals surface area contributed by atoms with Crippen molar-refractivity contribution in [2.75, 3.05) is 0 Å². The van der Waals surface area contributed by atoms with E-state index in [1.165, 1.54) is 13.0 Å². The third-order valence-corrected chi connectivity index (χ3v) is 1.55. The number of aromatic hydroxyl groups is 1. The van der Waals surface area contributed by atoms with Crippen molar-refractivity contribution < 1.29 is 14.3 Å². The highest BCUT2D eigenvalue weighted by atomic mass is 19.1. The van der Waals surface area contributed by atoms with E-state index in [9.17, 15) is 9.18 Å². The highest BCUT2D eigenvalue weighted by Crippen LogP contribution is 2.20. The number of carbonyl (C=O) groups excluding carboxylic acids is 1. The number of rotatable bonds is 1. The van der Waals surface area contributed by atoms with E-state index in [1.807, 2.05) is 0 Å². The van der Waals surface area contributed by atoms with Crippen LogP contribution >= 0.6 is 0 Å². The molecule has 0 atom stereocenters. The molecule has 0 aliphatic rings. The molecule has 3 heteroatoms. The monoisotopic (exact) mass is 154 g/mol. The number of phenolic OH excluding ortho intramolecular Hbond substituents is 1. The van der Waals surface area contributed by atoms with Gasteiger partial charge in [-0.15, -0.1) is 0 Å². The number of carbonyl (C=O) groups is 1. The Bertz CT molecular complexity index is 294. The van der Waals surface area contributed by atoms with Crippen LogP contribution in [0.5, 0.6) is 5.75 Å². The lowest BCUT2D eigenvalue weighted by atomic mass is 10.1. The van der Waals surface area contributed by atoms with Crippen molar-refractivity contribution in [3.8, 4) is 5.75 Å². The van der Waals surface area contributed by atoms with Crippen molar-refractivity contribution in [2.45, 2.75) is 6.92 Å². The first-order valence-electron chi connectivity index (χ1n) is 3.10. The number of benzene rings is 1. The third kappa shape index (κ3) is 1.22. The van der Waals surface area contributed by atoms with Crippen LogP contribution < -0.4 is 0 Å². The van der Waals surface area contributed by atoms with E-state index in [2.05, 4.69) is 0 Å². The summed E-state index contributed by atoms with van der Waals surface area (Å²) in [5.41, 5.74) is 0.199. The van der Waals surface area contributed by atoms with E-state index in [1.54, 1.807) is 0 Å². The van der Waals surface area contributed by atoms with Gasteiger partial charge in [0.2, 0.25) is 0 Å². The minimum Gasteiger partial charge on any atom is -0.508 e. The van der Waals surface area contributed by atoms with E-state index >= 15 is 0 Å². The molecule has 0 saturated heterocycles. The van der Waals surface area contributed by atoms with Crippen LogP contribution in [0.15, 0.2) is 12.1 Å². The number of aldehydes is 1. The van der Waals surface area contributed by atoms with Crippen LogP contribution in [-0.4, -0.2) is 11.4 Å². The van der Waals surface area contributed by atoms with E-state index in [4.69, 9.17) is 5.11 Å². The maximum atomic E-state index is 12.7. The minimum atomic E-state index is -0.602. The average Bonchev–Trinajstić information content (AvgIpc) is 1.99. The van der Waals surface area contributed by atoms with Gasteiger partial charge >= 0.3 is 0 Å². The second-order valence-corrected chi connectivity index (χ2v) is 2.22. The SMILES string of the molecule is Cc1c(O)ccc(F)c1C=O. The summed E-state index contributed by atoms with van der Waals surface area (Å²) in [6.07, 6.45) is 0.393. The largest absolute Gasteiger partial charge is 0.508 e. The Kier molecular flexibility index (Phi) is 1.89. The van der Waals surface area contributed by atoms with Gasteiger partial charge in [0.05, 0.1) is 5.56 Å². The molecule has 0 radical (unpaired) electrons. The molecule has 2 nitrogen and oxygen atoms in total. The summed E-state index contributed by atoms with van der Waals surface area (Å²) in [5, 5.41) is 9.03. The standard InChI is InChI=1S/C8H7FO2/c1-5-6(4-10)7(9)2-3-8(5)11/h2-4,11H,1H3. The second-order valence-electron chi connectivity index (χ2n) is 2.22. The van der Waals surface area contributed by atoms with Crippen LogP contribution in [0, 0.1) is 12.7 Å². The second kappa shape index (κ2) is 2.70. The molecule has 0 saturated carbocycles. The molecule has 0 amide bonds. The van der Waals surface area contributed by atoms with Gasteiger partial charge in [-0.2, -0.15) is 0 Å². The van der Waals surface area contributed by atoms with Gasteiger partial charge in [0.15, 0.2) is 6.29 Å². The summed E-state index contributed by atoms with van der Waals surface area (Å²) < 4.78 is 12.7. The van der Waals surface area contributed by atoms with Crippen molar-refractivity contribution in [1.29, 1.82) is 0 Å². The maximum Gasteiger partial charge on any atom is 0.153 e. The average molecular weight is 154 g/mol. The smallest absolute Gasteiger partial charge is 0.153 e. The Labute approximate surface area is 63.3 Å². The minimum absolute atomic E-state index is 0.0616. The molecular formula is C8H7FO2. The van der Waals surface area contributed by atoms with Gasteiger partial charge in [-0.3, -0.25) is 4.79 Å². The molecule has 1 aromatic rings. The zero-order chi connectivity index (χ0) is 8.43. The van der Waals surface area contributed by atoms with Crippen molar-refractivity contribution in [2.24, 2.45) is 0 Å². The lowest BCUT2D eigenvalue weighted by Crippen LogP contribution is -1.91. The quantitative estimate of drug-likeness (QED) is 0.624. The fourth-order valence-corrected chi connectivity index (χ4v) is 0.829. The first-order valence-corrected chi connectivity index (χ1v) is 3.10. The molecule has 0 unspecified atom stereocenters. The van der Waals surface area contributed by atoms with Crippen LogP contribution in [0.25, 0.3) is 0 Å². The third-order valence-electron chi connectivity index (χ3n) is 1.55. The first kappa shape index (κ1) is 7.72. The lowest BCUT2D eigenvalue weighted by molar-refractivity contribution is 0.111. The molecule has 11 heavy (non-hydrogen) atoms. The Morgan fingerprint density at radius 2 is 2.18 bits per heavy atom. The predicted octanol–water partition coefficient (Wildman–Crippen LogP) is 1.65. The van der Waals surface area contributed by atoms with Crippen molar-refractivity contribution in [3.05, 3.63) is 29.1 Å². The summed E-state index contributed by atoms with van der Waals surface area (Å²) in [7, 11) is 0. The van der Waals surface area contributed by atoms with Crippen LogP contribution in [0.1, 0.15) is 15.9 Å². The first-order chi connectivity index (χ1) is 5.16. The zero-order valence-electron chi connectivity index (χ0n) is 5.97. The molecule has 1 aromatic carbocycles. The predicted molar refractivity (Wildman–Crippen MR) is 38.2 cm³/mol. The van der Waals surface area contributed by atoms with Gasteiger partial charge in [-0.05, 0) is 19.1 Å². The zero-order valence-corrected chi connectivity index (χ0v) is 5.97. The molecule has 0 bridgehead atoms.